The smallest absolute Gasteiger partial charge is 0.274 e. The molecule has 2 heterocycles. The third-order valence-corrected chi connectivity index (χ3v) is 4.12. The number of aromatic nitrogens is 2. The summed E-state index contributed by atoms with van der Waals surface area (Å²) in [5, 5.41) is 11.6. The number of nitrogens with one attached hydrogen (secondary N) is 1. The molecule has 0 spiro atoms. The zero-order chi connectivity index (χ0) is 18.5. The molecule has 0 saturated carbocycles. The van der Waals surface area contributed by atoms with Gasteiger partial charge in [0.25, 0.3) is 5.91 Å². The number of nitriles is 1. The van der Waals surface area contributed by atoms with E-state index in [1.165, 1.54) is 0 Å². The summed E-state index contributed by atoms with van der Waals surface area (Å²) in [4.78, 5) is 35.7. The van der Waals surface area contributed by atoms with Crippen LogP contribution in [0.15, 0.2) is 30.3 Å². The number of piperazine rings is 1. The van der Waals surface area contributed by atoms with Crippen molar-refractivity contribution in [2.24, 2.45) is 0 Å². The number of benzene rings is 1. The van der Waals surface area contributed by atoms with Gasteiger partial charge in [0.1, 0.15) is 17.3 Å². The third kappa shape index (κ3) is 3.95. The van der Waals surface area contributed by atoms with Crippen LogP contribution in [0.4, 0.5) is 11.5 Å². The van der Waals surface area contributed by atoms with E-state index in [-0.39, 0.29) is 11.6 Å². The number of carbonyl (C=O) groups excluding carboxylic acids is 2. The summed E-state index contributed by atoms with van der Waals surface area (Å²) in [6.07, 6.45) is 0.846. The maximum atomic E-state index is 12.5. The van der Waals surface area contributed by atoms with Crippen molar-refractivity contribution in [1.29, 1.82) is 5.26 Å². The van der Waals surface area contributed by atoms with Gasteiger partial charge in [-0.1, -0.05) is 0 Å². The van der Waals surface area contributed by atoms with Gasteiger partial charge in [0.15, 0.2) is 0 Å². The van der Waals surface area contributed by atoms with Crippen LogP contribution in [0.25, 0.3) is 0 Å². The SMILES string of the molecule is Cc1nc(C(=O)Nc2ccc(C#N)cc2)cc(N2CCN(C=O)CC2)n1. The van der Waals surface area contributed by atoms with Crippen molar-refractivity contribution in [2.45, 2.75) is 6.92 Å². The number of rotatable bonds is 4. The summed E-state index contributed by atoms with van der Waals surface area (Å²) in [5.74, 6) is 0.839. The van der Waals surface area contributed by atoms with Gasteiger partial charge in [-0.05, 0) is 31.2 Å². The Morgan fingerprint density at radius 1 is 1.19 bits per heavy atom. The Kier molecular flexibility index (Phi) is 5.08. The highest BCUT2D eigenvalue weighted by Gasteiger charge is 2.19. The number of nitrogens with zero attached hydrogens (tertiary/aromatic N) is 5. The van der Waals surface area contributed by atoms with Gasteiger partial charge in [-0.2, -0.15) is 5.26 Å². The minimum Gasteiger partial charge on any atom is -0.353 e. The van der Waals surface area contributed by atoms with Crippen LogP contribution >= 0.6 is 0 Å². The molecule has 2 amide bonds. The van der Waals surface area contributed by atoms with E-state index in [0.29, 0.717) is 49.1 Å². The maximum Gasteiger partial charge on any atom is 0.274 e. The molecule has 0 radical (unpaired) electrons. The second-order valence-corrected chi connectivity index (χ2v) is 5.93. The van der Waals surface area contributed by atoms with Crippen LogP contribution in [0, 0.1) is 18.3 Å². The minimum absolute atomic E-state index is 0.273. The van der Waals surface area contributed by atoms with Crippen molar-refractivity contribution in [3.05, 3.63) is 47.4 Å². The first-order chi connectivity index (χ1) is 12.6. The molecule has 8 heteroatoms. The third-order valence-electron chi connectivity index (χ3n) is 4.12. The first-order valence-electron chi connectivity index (χ1n) is 8.20. The molecule has 0 atom stereocenters. The van der Waals surface area contributed by atoms with Gasteiger partial charge in [-0.15, -0.1) is 0 Å². The van der Waals surface area contributed by atoms with E-state index in [1.54, 1.807) is 42.2 Å². The van der Waals surface area contributed by atoms with Gasteiger partial charge in [-0.25, -0.2) is 9.97 Å². The van der Waals surface area contributed by atoms with E-state index in [1.807, 2.05) is 11.0 Å². The predicted molar refractivity (Wildman–Crippen MR) is 95.7 cm³/mol. The first kappa shape index (κ1) is 17.4. The van der Waals surface area contributed by atoms with E-state index >= 15 is 0 Å². The fraction of sp³-hybridized carbons (Fsp3) is 0.278. The monoisotopic (exact) mass is 350 g/mol. The molecule has 132 valence electrons. The molecule has 3 rings (SSSR count). The van der Waals surface area contributed by atoms with Crippen molar-refractivity contribution < 1.29 is 9.59 Å². The van der Waals surface area contributed by atoms with Crippen LogP contribution in [0.5, 0.6) is 0 Å². The molecule has 1 aromatic carbocycles. The van der Waals surface area contributed by atoms with Gasteiger partial charge >= 0.3 is 0 Å². The standard InChI is InChI=1S/C18H18N6O2/c1-13-20-16(18(26)22-15-4-2-14(11-19)3-5-15)10-17(21-13)24-8-6-23(12-25)7-9-24/h2-5,10,12H,6-9H2,1H3,(H,22,26). The van der Waals surface area contributed by atoms with E-state index in [9.17, 15) is 9.59 Å². The second-order valence-electron chi connectivity index (χ2n) is 5.93. The molecule has 0 aliphatic carbocycles. The van der Waals surface area contributed by atoms with E-state index < -0.39 is 0 Å². The summed E-state index contributed by atoms with van der Waals surface area (Å²) >= 11 is 0. The molecule has 26 heavy (non-hydrogen) atoms. The lowest BCUT2D eigenvalue weighted by Crippen LogP contribution is -2.46. The van der Waals surface area contributed by atoms with Crippen molar-refractivity contribution >= 4 is 23.8 Å². The van der Waals surface area contributed by atoms with Crippen LogP contribution in [-0.2, 0) is 4.79 Å². The van der Waals surface area contributed by atoms with Crippen LogP contribution in [-0.4, -0.2) is 53.4 Å². The molecule has 1 aliphatic rings. The Labute approximate surface area is 151 Å². The highest BCUT2D eigenvalue weighted by molar-refractivity contribution is 6.03. The average molecular weight is 350 g/mol. The largest absolute Gasteiger partial charge is 0.353 e. The molecule has 1 saturated heterocycles. The van der Waals surface area contributed by atoms with E-state index in [0.717, 1.165) is 6.41 Å². The van der Waals surface area contributed by atoms with Crippen LogP contribution in [0.3, 0.4) is 0 Å². The van der Waals surface area contributed by atoms with Gasteiger partial charge in [0.2, 0.25) is 6.41 Å². The second kappa shape index (κ2) is 7.61. The maximum absolute atomic E-state index is 12.5. The lowest BCUT2D eigenvalue weighted by Gasteiger charge is -2.33. The molecular weight excluding hydrogens is 332 g/mol. The topological polar surface area (TPSA) is 102 Å². The minimum atomic E-state index is -0.340. The lowest BCUT2D eigenvalue weighted by molar-refractivity contribution is -0.118. The highest BCUT2D eigenvalue weighted by atomic mass is 16.2. The number of amides is 2. The Balaban J connectivity index is 1.75. The zero-order valence-corrected chi connectivity index (χ0v) is 14.3. The number of anilines is 2. The summed E-state index contributed by atoms with van der Waals surface area (Å²) in [6, 6.07) is 10.3. The fourth-order valence-corrected chi connectivity index (χ4v) is 2.71. The van der Waals surface area contributed by atoms with Crippen molar-refractivity contribution in [2.75, 3.05) is 36.4 Å². The van der Waals surface area contributed by atoms with Crippen molar-refractivity contribution in [3.8, 4) is 6.07 Å². The fourth-order valence-electron chi connectivity index (χ4n) is 2.71. The van der Waals surface area contributed by atoms with E-state index in [2.05, 4.69) is 15.3 Å². The van der Waals surface area contributed by atoms with Crippen molar-refractivity contribution in [1.82, 2.24) is 14.9 Å². The Bertz CT molecular complexity index is 851. The first-order valence-corrected chi connectivity index (χ1v) is 8.20. The Morgan fingerprint density at radius 2 is 1.88 bits per heavy atom. The highest BCUT2D eigenvalue weighted by Crippen LogP contribution is 2.16. The van der Waals surface area contributed by atoms with Crippen molar-refractivity contribution in [3.63, 3.8) is 0 Å². The molecule has 1 aliphatic heterocycles. The Hall–Kier alpha value is -3.47. The van der Waals surface area contributed by atoms with Gasteiger partial charge in [0, 0.05) is 37.9 Å². The average Bonchev–Trinajstić information content (AvgIpc) is 2.68. The number of aryl methyl sites for hydroxylation is 1. The van der Waals surface area contributed by atoms with Crippen LogP contribution in [0.1, 0.15) is 21.9 Å². The van der Waals surface area contributed by atoms with Gasteiger partial charge in [-0.3, -0.25) is 9.59 Å². The number of hydrogen-bond acceptors (Lipinski definition) is 6. The molecule has 0 unspecified atom stereocenters. The van der Waals surface area contributed by atoms with Crippen LogP contribution in [0.2, 0.25) is 0 Å². The molecule has 8 nitrogen and oxygen atoms in total. The van der Waals surface area contributed by atoms with Gasteiger partial charge < -0.3 is 15.1 Å². The molecule has 2 aromatic rings. The Morgan fingerprint density at radius 3 is 2.50 bits per heavy atom. The molecule has 1 aromatic heterocycles. The summed E-state index contributed by atoms with van der Waals surface area (Å²) < 4.78 is 0. The normalized spacial score (nSPS) is 13.8. The number of hydrogen-bond donors (Lipinski definition) is 1. The van der Waals surface area contributed by atoms with Gasteiger partial charge in [0.05, 0.1) is 11.6 Å². The lowest BCUT2D eigenvalue weighted by atomic mass is 10.2. The molecule has 0 bridgehead atoms. The summed E-state index contributed by atoms with van der Waals surface area (Å²) in [7, 11) is 0. The van der Waals surface area contributed by atoms with E-state index in [4.69, 9.17) is 5.26 Å². The zero-order valence-electron chi connectivity index (χ0n) is 14.3. The summed E-state index contributed by atoms with van der Waals surface area (Å²) in [5.41, 5.74) is 1.39. The molecular formula is C18H18N6O2. The quantitative estimate of drug-likeness (QED) is 0.831. The number of carbonyl (C=O) groups is 2. The molecule has 1 N–H and O–H groups in total. The van der Waals surface area contributed by atoms with Crippen LogP contribution < -0.4 is 10.2 Å². The molecule has 1 fully saturated rings. The predicted octanol–water partition coefficient (Wildman–Crippen LogP) is 1.19. The summed E-state index contributed by atoms with van der Waals surface area (Å²) in [6.45, 7) is 4.31.